The zero-order chi connectivity index (χ0) is 24.2. The predicted octanol–water partition coefficient (Wildman–Crippen LogP) is 3.59. The zero-order valence-electron chi connectivity index (χ0n) is 19.1. The molecule has 4 N–H and O–H groups in total. The van der Waals surface area contributed by atoms with Gasteiger partial charge in [-0.05, 0) is 54.8 Å². The molecule has 3 heterocycles. The van der Waals surface area contributed by atoms with Crippen LogP contribution in [-0.2, 0) is 6.54 Å². The molecular weight excluding hydrogens is 442 g/mol. The topological polar surface area (TPSA) is 126 Å². The van der Waals surface area contributed by atoms with Crippen LogP contribution in [0.15, 0.2) is 67.1 Å². The summed E-state index contributed by atoms with van der Waals surface area (Å²) in [6, 6.07) is 16.5. The number of anilines is 3. The zero-order valence-corrected chi connectivity index (χ0v) is 19.1. The summed E-state index contributed by atoms with van der Waals surface area (Å²) < 4.78 is 0. The summed E-state index contributed by atoms with van der Waals surface area (Å²) in [6.45, 7) is 2.48. The van der Waals surface area contributed by atoms with Gasteiger partial charge in [-0.15, -0.1) is 0 Å². The van der Waals surface area contributed by atoms with Crippen LogP contribution in [0.1, 0.15) is 39.1 Å². The van der Waals surface area contributed by atoms with Gasteiger partial charge in [-0.1, -0.05) is 18.2 Å². The lowest BCUT2D eigenvalue weighted by atomic mass is 10.1. The third kappa shape index (κ3) is 4.89. The van der Waals surface area contributed by atoms with Crippen molar-refractivity contribution < 1.29 is 9.59 Å². The molecule has 9 nitrogen and oxygen atoms in total. The summed E-state index contributed by atoms with van der Waals surface area (Å²) in [5, 5.41) is 6.93. The quantitative estimate of drug-likeness (QED) is 0.379. The fraction of sp³-hybridized carbons (Fsp3) is 0.192. The van der Waals surface area contributed by atoms with Crippen molar-refractivity contribution >= 4 is 40.0 Å². The Morgan fingerprint density at radius 1 is 0.971 bits per heavy atom. The molecule has 5 rings (SSSR count). The number of carbonyl (C=O) groups is 2. The molecule has 0 bridgehead atoms. The molecule has 1 aliphatic heterocycles. The summed E-state index contributed by atoms with van der Waals surface area (Å²) in [6.07, 6.45) is 5.37. The Morgan fingerprint density at radius 2 is 1.80 bits per heavy atom. The maximum absolute atomic E-state index is 12.7. The van der Waals surface area contributed by atoms with Gasteiger partial charge in [-0.25, -0.2) is 15.0 Å². The van der Waals surface area contributed by atoms with Gasteiger partial charge in [0.05, 0.1) is 16.6 Å². The van der Waals surface area contributed by atoms with Crippen molar-refractivity contribution in [2.45, 2.75) is 19.4 Å². The highest BCUT2D eigenvalue weighted by Crippen LogP contribution is 2.23. The van der Waals surface area contributed by atoms with E-state index in [0.29, 0.717) is 40.1 Å². The molecule has 0 radical (unpaired) electrons. The van der Waals surface area contributed by atoms with E-state index in [2.05, 4.69) is 30.5 Å². The monoisotopic (exact) mass is 467 g/mol. The van der Waals surface area contributed by atoms with E-state index < -0.39 is 5.91 Å². The second-order valence-electron chi connectivity index (χ2n) is 8.40. The number of nitrogens with one attached hydrogen (secondary N) is 2. The van der Waals surface area contributed by atoms with Crippen LogP contribution in [0.2, 0.25) is 0 Å². The van der Waals surface area contributed by atoms with E-state index in [0.717, 1.165) is 24.5 Å². The van der Waals surface area contributed by atoms with Crippen LogP contribution in [0, 0.1) is 0 Å². The number of hydrogen-bond donors (Lipinski definition) is 3. The van der Waals surface area contributed by atoms with E-state index in [1.54, 1.807) is 18.3 Å². The molecule has 1 saturated heterocycles. The Hall–Kier alpha value is -4.53. The molecule has 2 aromatic carbocycles. The lowest BCUT2D eigenvalue weighted by Crippen LogP contribution is -2.19. The van der Waals surface area contributed by atoms with E-state index in [4.69, 9.17) is 5.73 Å². The summed E-state index contributed by atoms with van der Waals surface area (Å²) >= 11 is 0. The summed E-state index contributed by atoms with van der Waals surface area (Å²) in [4.78, 5) is 39.7. The fourth-order valence-electron chi connectivity index (χ4n) is 4.23. The minimum Gasteiger partial charge on any atom is -0.366 e. The van der Waals surface area contributed by atoms with Crippen LogP contribution in [0.3, 0.4) is 0 Å². The number of aromatic nitrogens is 3. The first-order valence-corrected chi connectivity index (χ1v) is 11.5. The van der Waals surface area contributed by atoms with Gasteiger partial charge in [0, 0.05) is 36.9 Å². The van der Waals surface area contributed by atoms with Crippen molar-refractivity contribution in [1.82, 2.24) is 15.0 Å². The third-order valence-corrected chi connectivity index (χ3v) is 6.02. The van der Waals surface area contributed by atoms with Crippen molar-refractivity contribution in [3.63, 3.8) is 0 Å². The highest BCUT2D eigenvalue weighted by molar-refractivity contribution is 6.07. The molecule has 176 valence electrons. The third-order valence-electron chi connectivity index (χ3n) is 6.02. The lowest BCUT2D eigenvalue weighted by molar-refractivity contribution is 0.0998. The number of benzene rings is 2. The number of para-hydroxylation sites is 1. The Bertz CT molecular complexity index is 1380. The SMILES string of the molecule is NC(=O)c1cccc2c(NCc3cccc(NC(=O)c4ccc(N5CCCC5)nc4)c3)ncnc12. The number of amides is 2. The maximum atomic E-state index is 12.7. The second-order valence-corrected chi connectivity index (χ2v) is 8.40. The minimum absolute atomic E-state index is 0.212. The van der Waals surface area contributed by atoms with Gasteiger partial charge in [0.1, 0.15) is 18.0 Å². The fourth-order valence-corrected chi connectivity index (χ4v) is 4.23. The van der Waals surface area contributed by atoms with E-state index in [1.165, 1.54) is 19.2 Å². The summed E-state index contributed by atoms with van der Waals surface area (Å²) in [7, 11) is 0. The number of rotatable bonds is 7. The van der Waals surface area contributed by atoms with Crippen molar-refractivity contribution in [3.8, 4) is 0 Å². The van der Waals surface area contributed by atoms with Gasteiger partial charge in [-0.2, -0.15) is 0 Å². The number of pyridine rings is 1. The Labute approximate surface area is 202 Å². The van der Waals surface area contributed by atoms with Gasteiger partial charge in [0.25, 0.3) is 11.8 Å². The van der Waals surface area contributed by atoms with Crippen LogP contribution in [0.5, 0.6) is 0 Å². The van der Waals surface area contributed by atoms with Crippen LogP contribution in [-0.4, -0.2) is 39.9 Å². The van der Waals surface area contributed by atoms with Crippen LogP contribution in [0.4, 0.5) is 17.3 Å². The highest BCUT2D eigenvalue weighted by Gasteiger charge is 2.15. The number of primary amides is 1. The molecular formula is C26H25N7O2. The first-order chi connectivity index (χ1) is 17.1. The Morgan fingerprint density at radius 3 is 2.57 bits per heavy atom. The van der Waals surface area contributed by atoms with Gasteiger partial charge in [0.2, 0.25) is 0 Å². The largest absolute Gasteiger partial charge is 0.366 e. The molecule has 0 aliphatic carbocycles. The molecule has 4 aromatic rings. The molecule has 0 atom stereocenters. The number of fused-ring (bicyclic) bond motifs is 1. The van der Waals surface area contributed by atoms with Gasteiger partial charge in [0.15, 0.2) is 0 Å². The second kappa shape index (κ2) is 9.76. The predicted molar refractivity (Wildman–Crippen MR) is 135 cm³/mol. The molecule has 0 unspecified atom stereocenters. The number of nitrogens with zero attached hydrogens (tertiary/aromatic N) is 4. The molecule has 9 heteroatoms. The number of nitrogens with two attached hydrogens (primary N) is 1. The Kier molecular flexibility index (Phi) is 6.21. The average molecular weight is 468 g/mol. The highest BCUT2D eigenvalue weighted by atomic mass is 16.2. The van der Waals surface area contributed by atoms with Crippen LogP contribution in [0.25, 0.3) is 10.9 Å². The first-order valence-electron chi connectivity index (χ1n) is 11.5. The van der Waals surface area contributed by atoms with E-state index in [-0.39, 0.29) is 5.91 Å². The van der Waals surface area contributed by atoms with Crippen molar-refractivity contribution in [1.29, 1.82) is 0 Å². The van der Waals surface area contributed by atoms with Crippen LogP contribution < -0.4 is 21.3 Å². The van der Waals surface area contributed by atoms with E-state index in [9.17, 15) is 9.59 Å². The molecule has 2 aromatic heterocycles. The number of carbonyl (C=O) groups excluding carboxylic acids is 2. The average Bonchev–Trinajstić information content (AvgIpc) is 3.42. The molecule has 2 amide bonds. The maximum Gasteiger partial charge on any atom is 0.257 e. The van der Waals surface area contributed by atoms with Gasteiger partial charge >= 0.3 is 0 Å². The molecule has 35 heavy (non-hydrogen) atoms. The smallest absolute Gasteiger partial charge is 0.257 e. The Balaban J connectivity index is 1.26. The van der Waals surface area contributed by atoms with Crippen molar-refractivity contribution in [3.05, 3.63) is 83.8 Å². The minimum atomic E-state index is -0.537. The van der Waals surface area contributed by atoms with E-state index in [1.807, 2.05) is 42.5 Å². The summed E-state index contributed by atoms with van der Waals surface area (Å²) in [5.41, 5.74) is 8.46. The van der Waals surface area contributed by atoms with Crippen molar-refractivity contribution in [2.24, 2.45) is 5.73 Å². The molecule has 0 spiro atoms. The van der Waals surface area contributed by atoms with Crippen molar-refractivity contribution in [2.75, 3.05) is 28.6 Å². The standard InChI is InChI=1S/C26H25N7O2/c27-24(34)20-7-4-8-21-23(20)30-16-31-25(21)29-14-17-5-3-6-19(13-17)32-26(35)18-9-10-22(28-15-18)33-11-1-2-12-33/h3-10,13,15-16H,1-2,11-12,14H2,(H2,27,34)(H,32,35)(H,29,30,31). The van der Waals surface area contributed by atoms with E-state index >= 15 is 0 Å². The lowest BCUT2D eigenvalue weighted by Gasteiger charge is -2.16. The molecule has 0 saturated carbocycles. The van der Waals surface area contributed by atoms with Gasteiger partial charge < -0.3 is 21.3 Å². The first kappa shape index (κ1) is 22.3. The number of hydrogen-bond acceptors (Lipinski definition) is 7. The van der Waals surface area contributed by atoms with Gasteiger partial charge in [-0.3, -0.25) is 9.59 Å². The molecule has 1 fully saturated rings. The summed E-state index contributed by atoms with van der Waals surface area (Å²) in [5.74, 6) is 0.755. The molecule has 1 aliphatic rings. The van der Waals surface area contributed by atoms with Crippen LogP contribution >= 0.6 is 0 Å². The normalized spacial score (nSPS) is 13.1.